The average molecular weight is 395 g/mol. The molecule has 0 aliphatic heterocycles. The molecule has 1 fully saturated rings. The molecule has 1 aromatic rings. The number of amides is 2. The molecule has 0 bridgehead atoms. The van der Waals surface area contributed by atoms with E-state index in [0.717, 1.165) is 38.8 Å². The monoisotopic (exact) mass is 394 g/mol. The summed E-state index contributed by atoms with van der Waals surface area (Å²) >= 11 is 0. The number of hydrogen-bond acceptors (Lipinski definition) is 7. The van der Waals surface area contributed by atoms with Crippen molar-refractivity contribution in [3.05, 3.63) is 11.7 Å². The van der Waals surface area contributed by atoms with E-state index in [4.69, 9.17) is 10.3 Å². The van der Waals surface area contributed by atoms with E-state index in [0.29, 0.717) is 18.3 Å². The van der Waals surface area contributed by atoms with Crippen LogP contribution in [0.15, 0.2) is 4.52 Å². The van der Waals surface area contributed by atoms with E-state index in [1.54, 1.807) is 0 Å². The molecule has 4 N–H and O–H groups in total. The van der Waals surface area contributed by atoms with Crippen molar-refractivity contribution in [1.29, 1.82) is 0 Å². The Kier molecular flexibility index (Phi) is 7.94. The Morgan fingerprint density at radius 1 is 1.25 bits per heavy atom. The Hall–Kier alpha value is -2.00. The largest absolute Gasteiger partial charge is 0.346 e. The SMILES string of the molecule is CCN(CC)Cc1nc(C2(NC(=O)CNC(=O)[C@@H](N)C(C)C)CCCC2)no1. The molecule has 9 heteroatoms. The first-order valence-corrected chi connectivity index (χ1v) is 10.2. The van der Waals surface area contributed by atoms with Crippen LogP contribution in [0.5, 0.6) is 0 Å². The fraction of sp³-hybridized carbons (Fsp3) is 0.789. The number of aromatic nitrogens is 2. The van der Waals surface area contributed by atoms with E-state index in [1.165, 1.54) is 0 Å². The van der Waals surface area contributed by atoms with Crippen LogP contribution in [0.4, 0.5) is 0 Å². The van der Waals surface area contributed by atoms with Gasteiger partial charge >= 0.3 is 0 Å². The first kappa shape index (κ1) is 22.3. The van der Waals surface area contributed by atoms with Crippen molar-refractivity contribution in [2.75, 3.05) is 19.6 Å². The highest BCUT2D eigenvalue weighted by atomic mass is 16.5. The lowest BCUT2D eigenvalue weighted by Crippen LogP contribution is -2.51. The molecule has 1 heterocycles. The van der Waals surface area contributed by atoms with Gasteiger partial charge in [0.15, 0.2) is 5.82 Å². The average Bonchev–Trinajstić information content (AvgIpc) is 3.33. The van der Waals surface area contributed by atoms with Crippen LogP contribution in [-0.2, 0) is 21.7 Å². The highest BCUT2D eigenvalue weighted by molar-refractivity contribution is 5.87. The molecular formula is C19H34N6O3. The topological polar surface area (TPSA) is 126 Å². The minimum Gasteiger partial charge on any atom is -0.346 e. The summed E-state index contributed by atoms with van der Waals surface area (Å²) in [6.45, 7) is 10.2. The predicted octanol–water partition coefficient (Wildman–Crippen LogP) is 0.896. The molecule has 0 unspecified atom stereocenters. The fourth-order valence-corrected chi connectivity index (χ4v) is 3.43. The normalized spacial score (nSPS) is 17.1. The Morgan fingerprint density at radius 3 is 2.46 bits per heavy atom. The molecule has 1 aromatic heterocycles. The number of nitrogens with two attached hydrogens (primary N) is 1. The summed E-state index contributed by atoms with van der Waals surface area (Å²) < 4.78 is 5.43. The van der Waals surface area contributed by atoms with Crippen LogP contribution in [0.1, 0.15) is 65.1 Å². The first-order chi connectivity index (χ1) is 13.3. The predicted molar refractivity (Wildman–Crippen MR) is 105 cm³/mol. The number of carbonyl (C=O) groups is 2. The summed E-state index contributed by atoms with van der Waals surface area (Å²) in [5.41, 5.74) is 5.18. The fourth-order valence-electron chi connectivity index (χ4n) is 3.43. The molecule has 1 atom stereocenters. The second-order valence-corrected chi connectivity index (χ2v) is 7.80. The van der Waals surface area contributed by atoms with Gasteiger partial charge in [-0.1, -0.05) is 45.7 Å². The van der Waals surface area contributed by atoms with Gasteiger partial charge in [-0.25, -0.2) is 0 Å². The molecule has 1 aliphatic rings. The lowest BCUT2D eigenvalue weighted by atomic mass is 9.96. The van der Waals surface area contributed by atoms with Gasteiger partial charge in [-0.2, -0.15) is 4.98 Å². The minimum absolute atomic E-state index is 0.00722. The zero-order valence-electron chi connectivity index (χ0n) is 17.5. The molecular weight excluding hydrogens is 360 g/mol. The van der Waals surface area contributed by atoms with Crippen molar-refractivity contribution in [1.82, 2.24) is 25.7 Å². The molecule has 1 aliphatic carbocycles. The second-order valence-electron chi connectivity index (χ2n) is 7.80. The van der Waals surface area contributed by atoms with Gasteiger partial charge in [0.05, 0.1) is 19.1 Å². The molecule has 158 valence electrons. The van der Waals surface area contributed by atoms with Crippen LogP contribution < -0.4 is 16.4 Å². The van der Waals surface area contributed by atoms with E-state index in [1.807, 2.05) is 13.8 Å². The maximum absolute atomic E-state index is 12.5. The first-order valence-electron chi connectivity index (χ1n) is 10.2. The van der Waals surface area contributed by atoms with E-state index in [9.17, 15) is 9.59 Å². The van der Waals surface area contributed by atoms with Gasteiger partial charge in [0.2, 0.25) is 17.7 Å². The number of nitrogens with one attached hydrogen (secondary N) is 2. The van der Waals surface area contributed by atoms with Crippen molar-refractivity contribution in [3.8, 4) is 0 Å². The maximum Gasteiger partial charge on any atom is 0.240 e. The number of hydrogen-bond donors (Lipinski definition) is 3. The van der Waals surface area contributed by atoms with Crippen molar-refractivity contribution in [3.63, 3.8) is 0 Å². The number of rotatable bonds is 10. The Labute approximate surface area is 166 Å². The third-order valence-corrected chi connectivity index (χ3v) is 5.43. The molecule has 0 saturated heterocycles. The molecule has 2 amide bonds. The van der Waals surface area contributed by atoms with E-state index >= 15 is 0 Å². The molecule has 0 radical (unpaired) electrons. The van der Waals surface area contributed by atoms with Crippen molar-refractivity contribution < 1.29 is 14.1 Å². The van der Waals surface area contributed by atoms with Crippen LogP contribution in [0.2, 0.25) is 0 Å². The summed E-state index contributed by atoms with van der Waals surface area (Å²) in [6.07, 6.45) is 3.46. The maximum atomic E-state index is 12.5. The standard InChI is InChI=1S/C19H34N6O3/c1-5-25(6-2)12-15-22-18(24-28-15)19(9-7-8-10-19)23-14(26)11-21-17(27)16(20)13(3)4/h13,16H,5-12,20H2,1-4H3,(H,21,27)(H,23,26)/t16-/m0/s1. The van der Waals surface area contributed by atoms with Gasteiger partial charge in [-0.3, -0.25) is 14.5 Å². The molecule has 28 heavy (non-hydrogen) atoms. The van der Waals surface area contributed by atoms with Crippen molar-refractivity contribution in [2.45, 2.75) is 71.5 Å². The highest BCUT2D eigenvalue weighted by Crippen LogP contribution is 2.37. The number of nitrogens with zero attached hydrogens (tertiary/aromatic N) is 3. The van der Waals surface area contributed by atoms with Crippen LogP contribution in [0, 0.1) is 5.92 Å². The minimum atomic E-state index is -0.632. The van der Waals surface area contributed by atoms with Crippen LogP contribution >= 0.6 is 0 Å². The van der Waals surface area contributed by atoms with Crippen LogP contribution in [0.25, 0.3) is 0 Å². The third-order valence-electron chi connectivity index (χ3n) is 5.43. The Balaban J connectivity index is 2.01. The van der Waals surface area contributed by atoms with Gasteiger partial charge < -0.3 is 20.9 Å². The second kappa shape index (κ2) is 9.97. The third kappa shape index (κ3) is 5.51. The Bertz CT molecular complexity index is 650. The zero-order chi connectivity index (χ0) is 20.7. The number of carbonyl (C=O) groups excluding carboxylic acids is 2. The van der Waals surface area contributed by atoms with Crippen molar-refractivity contribution in [2.24, 2.45) is 11.7 Å². The van der Waals surface area contributed by atoms with E-state index in [-0.39, 0.29) is 24.3 Å². The van der Waals surface area contributed by atoms with Crippen molar-refractivity contribution >= 4 is 11.8 Å². The highest BCUT2D eigenvalue weighted by Gasteiger charge is 2.41. The van der Waals surface area contributed by atoms with Gasteiger partial charge in [0.25, 0.3) is 0 Å². The lowest BCUT2D eigenvalue weighted by Gasteiger charge is -2.27. The van der Waals surface area contributed by atoms with E-state index in [2.05, 4.69) is 39.5 Å². The van der Waals surface area contributed by atoms with Gasteiger partial charge in [-0.05, 0) is 31.8 Å². The van der Waals surface area contributed by atoms with Crippen LogP contribution in [0.3, 0.4) is 0 Å². The summed E-state index contributed by atoms with van der Waals surface area (Å²) in [6, 6.07) is -0.631. The molecule has 9 nitrogen and oxygen atoms in total. The summed E-state index contributed by atoms with van der Waals surface area (Å²) in [4.78, 5) is 31.2. The smallest absolute Gasteiger partial charge is 0.240 e. The Morgan fingerprint density at radius 2 is 1.89 bits per heavy atom. The molecule has 2 rings (SSSR count). The summed E-state index contributed by atoms with van der Waals surface area (Å²) in [5.74, 6) is 0.474. The molecule has 0 spiro atoms. The zero-order valence-corrected chi connectivity index (χ0v) is 17.5. The summed E-state index contributed by atoms with van der Waals surface area (Å²) in [5, 5.41) is 9.80. The quantitative estimate of drug-likeness (QED) is 0.538. The lowest BCUT2D eigenvalue weighted by molar-refractivity contribution is -0.128. The van der Waals surface area contributed by atoms with Gasteiger partial charge in [0, 0.05) is 0 Å². The van der Waals surface area contributed by atoms with Crippen LogP contribution in [-0.4, -0.2) is 52.5 Å². The van der Waals surface area contributed by atoms with E-state index < -0.39 is 11.6 Å². The molecule has 0 aromatic carbocycles. The summed E-state index contributed by atoms with van der Waals surface area (Å²) in [7, 11) is 0. The van der Waals surface area contributed by atoms with Gasteiger partial charge in [-0.15, -0.1) is 0 Å². The molecule has 1 saturated carbocycles. The van der Waals surface area contributed by atoms with Gasteiger partial charge in [0.1, 0.15) is 5.54 Å².